The van der Waals surface area contributed by atoms with Gasteiger partial charge in [0.25, 0.3) is 0 Å². The molecule has 6 nitrogen and oxygen atoms in total. The molecule has 8 heteroatoms. The highest BCUT2D eigenvalue weighted by Crippen LogP contribution is 2.31. The molecule has 4 rings (SSSR count). The summed E-state index contributed by atoms with van der Waals surface area (Å²) in [6, 6.07) is 19.3. The number of halogens is 1. The molecule has 150 valence electrons. The lowest BCUT2D eigenvalue weighted by atomic mass is 10.1. The number of sulfone groups is 1. The van der Waals surface area contributed by atoms with Crippen LogP contribution in [-0.2, 0) is 9.84 Å². The van der Waals surface area contributed by atoms with Gasteiger partial charge in [0.15, 0.2) is 0 Å². The third-order valence-corrected chi connectivity index (χ3v) is 6.61. The van der Waals surface area contributed by atoms with E-state index in [-0.39, 0.29) is 26.2 Å². The van der Waals surface area contributed by atoms with Gasteiger partial charge < -0.3 is 10.1 Å². The number of imidazole rings is 1. The number of H-pyrrole nitrogens is 1. The van der Waals surface area contributed by atoms with Crippen LogP contribution in [0.3, 0.4) is 0 Å². The predicted molar refractivity (Wildman–Crippen MR) is 116 cm³/mol. The van der Waals surface area contributed by atoms with Crippen molar-refractivity contribution in [1.82, 2.24) is 9.97 Å². The van der Waals surface area contributed by atoms with Gasteiger partial charge >= 0.3 is 5.97 Å². The number of fused-ring (bicyclic) bond motifs is 1. The summed E-state index contributed by atoms with van der Waals surface area (Å²) in [5.74, 6) is -0.958. The minimum Gasteiger partial charge on any atom is -0.478 e. The second kappa shape index (κ2) is 7.78. The summed E-state index contributed by atoms with van der Waals surface area (Å²) in [7, 11) is -3.95. The molecule has 0 amide bonds. The molecule has 0 fully saturated rings. The van der Waals surface area contributed by atoms with Crippen LogP contribution in [0.5, 0.6) is 0 Å². The molecular weight excluding hydrogens is 424 g/mol. The zero-order valence-electron chi connectivity index (χ0n) is 15.4. The van der Waals surface area contributed by atoms with E-state index < -0.39 is 15.8 Å². The average Bonchev–Trinajstić information content (AvgIpc) is 3.16. The number of carboxylic acid groups (broad SMARTS) is 1. The Balaban J connectivity index is 1.94. The van der Waals surface area contributed by atoms with Crippen LogP contribution in [0.15, 0.2) is 77.7 Å². The molecule has 2 N–H and O–H groups in total. The largest absolute Gasteiger partial charge is 0.478 e. The van der Waals surface area contributed by atoms with E-state index in [2.05, 4.69) is 9.97 Å². The molecule has 0 radical (unpaired) electrons. The summed E-state index contributed by atoms with van der Waals surface area (Å²) in [4.78, 5) is 18.7. The first-order valence-corrected chi connectivity index (χ1v) is 10.7. The van der Waals surface area contributed by atoms with Crippen LogP contribution in [0.2, 0.25) is 5.02 Å². The molecule has 0 unspecified atom stereocenters. The number of nitrogens with zero attached hydrogens (tertiary/aromatic N) is 1. The molecule has 1 aromatic heterocycles. The second-order valence-electron chi connectivity index (χ2n) is 6.47. The van der Waals surface area contributed by atoms with Gasteiger partial charge in [-0.25, -0.2) is 18.2 Å². The van der Waals surface area contributed by atoms with Crippen LogP contribution in [0.25, 0.3) is 22.0 Å². The fraction of sp³-hybridized carbons (Fsp3) is 0. The molecule has 0 atom stereocenters. The molecule has 0 aliphatic rings. The van der Waals surface area contributed by atoms with E-state index >= 15 is 0 Å². The van der Waals surface area contributed by atoms with Crippen molar-refractivity contribution in [2.45, 2.75) is 4.90 Å². The average molecular weight is 439 g/mol. The molecule has 0 bridgehead atoms. The summed E-state index contributed by atoms with van der Waals surface area (Å²) in [6.45, 7) is 0. The zero-order chi connectivity index (χ0) is 21.3. The van der Waals surface area contributed by atoms with Crippen LogP contribution in [-0.4, -0.2) is 29.5 Å². The Hall–Kier alpha value is -3.42. The molecule has 4 aromatic rings. The van der Waals surface area contributed by atoms with E-state index in [0.717, 1.165) is 0 Å². The van der Waals surface area contributed by atoms with Crippen molar-refractivity contribution in [3.05, 3.63) is 94.8 Å². The van der Waals surface area contributed by atoms with E-state index in [1.165, 1.54) is 36.4 Å². The Morgan fingerprint density at radius 2 is 1.70 bits per heavy atom. The van der Waals surface area contributed by atoms with Crippen molar-refractivity contribution in [1.29, 1.82) is 0 Å². The van der Waals surface area contributed by atoms with Gasteiger partial charge in [-0.2, -0.15) is 0 Å². The van der Waals surface area contributed by atoms with E-state index in [4.69, 9.17) is 16.7 Å². The molecule has 30 heavy (non-hydrogen) atoms. The molecule has 0 saturated heterocycles. The Kier molecular flexibility index (Phi) is 5.15. The number of hydrogen-bond donors (Lipinski definition) is 2. The van der Waals surface area contributed by atoms with E-state index in [1.54, 1.807) is 30.3 Å². The Morgan fingerprint density at radius 1 is 1.00 bits per heavy atom. The molecule has 1 heterocycles. The number of carboxylic acids is 1. The topological polar surface area (TPSA) is 100 Å². The van der Waals surface area contributed by atoms with E-state index in [0.29, 0.717) is 16.6 Å². The number of aromatic amines is 1. The van der Waals surface area contributed by atoms with Gasteiger partial charge in [-0.05, 0) is 48.0 Å². The summed E-state index contributed by atoms with van der Waals surface area (Å²) < 4.78 is 26.9. The van der Waals surface area contributed by atoms with Crippen molar-refractivity contribution in [3.8, 4) is 0 Å². The van der Waals surface area contributed by atoms with Gasteiger partial charge in [0.05, 0.1) is 21.5 Å². The van der Waals surface area contributed by atoms with Crippen LogP contribution in [0.4, 0.5) is 0 Å². The third kappa shape index (κ3) is 3.72. The van der Waals surface area contributed by atoms with Crippen LogP contribution in [0.1, 0.15) is 21.7 Å². The SMILES string of the molecule is O=C(O)c1ccc(/C=C(\c2nc3ccccc3[nH]2)S(=O)(=O)c2ccccc2)c(Cl)c1. The fourth-order valence-electron chi connectivity index (χ4n) is 2.99. The summed E-state index contributed by atoms with van der Waals surface area (Å²) >= 11 is 6.25. The normalized spacial score (nSPS) is 12.2. The first-order chi connectivity index (χ1) is 14.4. The highest BCUT2D eigenvalue weighted by atomic mass is 35.5. The summed E-state index contributed by atoms with van der Waals surface area (Å²) in [6.07, 6.45) is 1.40. The Morgan fingerprint density at radius 3 is 2.37 bits per heavy atom. The molecule has 0 saturated carbocycles. The van der Waals surface area contributed by atoms with Crippen molar-refractivity contribution in [3.63, 3.8) is 0 Å². The number of aromatic carboxylic acids is 1. The standard InChI is InChI=1S/C22H15ClN2O4S/c23-17-12-15(22(26)27)11-10-14(17)13-20(30(28,29)16-6-2-1-3-7-16)21-24-18-8-4-5-9-19(18)25-21/h1-13H,(H,24,25)(H,26,27)/b20-13+. The summed E-state index contributed by atoms with van der Waals surface area (Å²) in [5.41, 5.74) is 1.67. The van der Waals surface area contributed by atoms with Crippen molar-refractivity contribution in [2.24, 2.45) is 0 Å². The minimum absolute atomic E-state index is 0.00773. The first-order valence-electron chi connectivity index (χ1n) is 8.86. The van der Waals surface area contributed by atoms with Gasteiger partial charge in [-0.15, -0.1) is 0 Å². The molecule has 3 aromatic carbocycles. The van der Waals surface area contributed by atoms with Crippen LogP contribution < -0.4 is 0 Å². The molecule has 0 spiro atoms. The molecular formula is C22H15ClN2O4S. The third-order valence-electron chi connectivity index (χ3n) is 4.50. The minimum atomic E-state index is -3.95. The number of rotatable bonds is 5. The van der Waals surface area contributed by atoms with Crippen molar-refractivity contribution >= 4 is 49.4 Å². The van der Waals surface area contributed by atoms with Gasteiger partial charge in [0.1, 0.15) is 10.7 Å². The highest BCUT2D eigenvalue weighted by molar-refractivity contribution is 8.00. The maximum absolute atomic E-state index is 13.4. The van der Waals surface area contributed by atoms with E-state index in [9.17, 15) is 13.2 Å². The molecule has 0 aliphatic carbocycles. The number of nitrogens with one attached hydrogen (secondary N) is 1. The monoisotopic (exact) mass is 438 g/mol. The Bertz CT molecular complexity index is 1360. The Labute approximate surface area is 177 Å². The maximum atomic E-state index is 13.4. The number of para-hydroxylation sites is 2. The number of hydrogen-bond acceptors (Lipinski definition) is 4. The van der Waals surface area contributed by atoms with Crippen molar-refractivity contribution in [2.75, 3.05) is 0 Å². The van der Waals surface area contributed by atoms with Crippen molar-refractivity contribution < 1.29 is 18.3 Å². The zero-order valence-corrected chi connectivity index (χ0v) is 17.0. The van der Waals surface area contributed by atoms with E-state index in [1.807, 2.05) is 12.1 Å². The quantitative estimate of drug-likeness (QED) is 0.462. The highest BCUT2D eigenvalue weighted by Gasteiger charge is 2.25. The number of aromatic nitrogens is 2. The molecule has 0 aliphatic heterocycles. The van der Waals surface area contributed by atoms with Gasteiger partial charge in [-0.1, -0.05) is 48.0 Å². The second-order valence-corrected chi connectivity index (χ2v) is 8.79. The summed E-state index contributed by atoms with van der Waals surface area (Å²) in [5, 5.41) is 9.25. The van der Waals surface area contributed by atoms with Gasteiger partial charge in [0, 0.05) is 5.02 Å². The van der Waals surface area contributed by atoms with Crippen LogP contribution in [0, 0.1) is 0 Å². The maximum Gasteiger partial charge on any atom is 0.335 e. The lowest BCUT2D eigenvalue weighted by Gasteiger charge is -2.09. The predicted octanol–water partition coefficient (Wildman–Crippen LogP) is 4.89. The lowest BCUT2D eigenvalue weighted by Crippen LogP contribution is -2.06. The lowest BCUT2D eigenvalue weighted by molar-refractivity contribution is 0.0697. The number of benzene rings is 3. The van der Waals surface area contributed by atoms with Gasteiger partial charge in [0.2, 0.25) is 9.84 Å². The smallest absolute Gasteiger partial charge is 0.335 e. The fourth-order valence-corrected chi connectivity index (χ4v) is 4.63. The number of carbonyl (C=O) groups is 1. The first kappa shape index (κ1) is 19.9. The van der Waals surface area contributed by atoms with Crippen LogP contribution >= 0.6 is 11.6 Å². The van der Waals surface area contributed by atoms with Gasteiger partial charge in [-0.3, -0.25) is 0 Å².